The number of benzene rings is 2. The lowest BCUT2D eigenvalue weighted by Gasteiger charge is -2.22. The zero-order valence-corrected chi connectivity index (χ0v) is 13.7. The fourth-order valence-corrected chi connectivity index (χ4v) is 4.50. The van der Waals surface area contributed by atoms with Crippen LogP contribution in [-0.2, 0) is 4.57 Å². The van der Waals surface area contributed by atoms with Gasteiger partial charge in [-0.2, -0.15) is 0 Å². The van der Waals surface area contributed by atoms with Crippen LogP contribution >= 0.6 is 7.60 Å². The second-order valence-electron chi connectivity index (χ2n) is 5.08. The molecule has 1 atom stereocenters. The number of rotatable bonds is 5. The minimum absolute atomic E-state index is 0. The molecule has 22 heavy (non-hydrogen) atoms. The van der Waals surface area contributed by atoms with Gasteiger partial charge in [-0.25, -0.2) is 4.57 Å². The molecule has 0 saturated carbocycles. The summed E-state index contributed by atoms with van der Waals surface area (Å²) in [5.41, 5.74) is 0. The highest BCUT2D eigenvalue weighted by Crippen LogP contribution is 2.52. The molecule has 2 aromatic carbocycles. The summed E-state index contributed by atoms with van der Waals surface area (Å²) in [6.45, 7) is 0.963. The summed E-state index contributed by atoms with van der Waals surface area (Å²) >= 11 is 0. The number of nitrogens with two attached hydrogens (primary N) is 1. The Bertz CT molecular complexity index is 572. The average molecular weight is 340 g/mol. The van der Waals surface area contributed by atoms with E-state index in [2.05, 4.69) is 5.32 Å². The summed E-state index contributed by atoms with van der Waals surface area (Å²) in [7, 11) is -3.27. The summed E-state index contributed by atoms with van der Waals surface area (Å²) < 4.78 is 24.9. The van der Waals surface area contributed by atoms with E-state index >= 15 is 0 Å². The molecule has 0 unspecified atom stereocenters. The topological polar surface area (TPSA) is 52.1 Å². The minimum atomic E-state index is -3.27. The molecule has 118 valence electrons. The SMILES string of the molecule is O=P(Oc1ccccc1)(Oc1ccccc1)[C@@H]1CCC[NH2+]1.[Cl-]. The first-order chi connectivity index (χ1) is 10.3. The Hall–Kier alpha value is -1.48. The second kappa shape index (κ2) is 7.68. The van der Waals surface area contributed by atoms with Gasteiger partial charge in [0.05, 0.1) is 6.54 Å². The summed E-state index contributed by atoms with van der Waals surface area (Å²) in [4.78, 5) is 0. The molecule has 1 aliphatic rings. The van der Waals surface area contributed by atoms with Crippen LogP contribution in [-0.4, -0.2) is 12.3 Å². The Labute approximate surface area is 136 Å². The first-order valence-corrected chi connectivity index (χ1v) is 8.80. The van der Waals surface area contributed by atoms with Crippen LogP contribution in [0.5, 0.6) is 11.5 Å². The van der Waals surface area contributed by atoms with Gasteiger partial charge in [0.2, 0.25) is 5.78 Å². The van der Waals surface area contributed by atoms with Gasteiger partial charge >= 0.3 is 7.60 Å². The smallest absolute Gasteiger partial charge is 0.487 e. The molecule has 3 rings (SSSR count). The van der Waals surface area contributed by atoms with E-state index < -0.39 is 7.60 Å². The highest BCUT2D eigenvalue weighted by atomic mass is 35.5. The van der Waals surface area contributed by atoms with E-state index in [1.807, 2.05) is 36.4 Å². The van der Waals surface area contributed by atoms with Gasteiger partial charge in [0, 0.05) is 12.8 Å². The third kappa shape index (κ3) is 4.04. The van der Waals surface area contributed by atoms with Crippen molar-refractivity contribution in [1.29, 1.82) is 0 Å². The molecule has 0 amide bonds. The molecule has 0 aliphatic carbocycles. The second-order valence-corrected chi connectivity index (χ2v) is 7.19. The van der Waals surface area contributed by atoms with E-state index in [0.717, 1.165) is 19.4 Å². The van der Waals surface area contributed by atoms with E-state index in [4.69, 9.17) is 9.05 Å². The highest BCUT2D eigenvalue weighted by Gasteiger charge is 2.44. The number of hydrogen-bond donors (Lipinski definition) is 1. The number of quaternary nitrogens is 1. The first-order valence-electron chi connectivity index (χ1n) is 7.19. The quantitative estimate of drug-likeness (QED) is 0.782. The average Bonchev–Trinajstić information content (AvgIpc) is 3.04. The van der Waals surface area contributed by atoms with Gasteiger partial charge in [-0.05, 0) is 24.3 Å². The molecule has 1 saturated heterocycles. The lowest BCUT2D eigenvalue weighted by molar-refractivity contribution is -0.652. The van der Waals surface area contributed by atoms with Crippen molar-refractivity contribution >= 4 is 7.60 Å². The Morgan fingerprint density at radius 3 is 1.82 bits per heavy atom. The largest absolute Gasteiger partial charge is 1.00 e. The summed E-state index contributed by atoms with van der Waals surface area (Å²) in [6.07, 6.45) is 1.88. The van der Waals surface area contributed by atoms with E-state index in [1.165, 1.54) is 0 Å². The van der Waals surface area contributed by atoms with Gasteiger partial charge in [0.25, 0.3) is 0 Å². The van der Waals surface area contributed by atoms with Crippen molar-refractivity contribution < 1.29 is 31.3 Å². The standard InChI is InChI=1S/C16H18NO3P.ClH/c18-21(16-12-7-13-17-16,19-14-8-3-1-4-9-14)20-15-10-5-2-6-11-15;/h1-6,8-11,16-17H,7,12-13H2;1H/t16-;/m1./s1. The number of para-hydroxylation sites is 2. The van der Waals surface area contributed by atoms with Crippen LogP contribution in [0.2, 0.25) is 0 Å². The maximum Gasteiger partial charge on any atom is 0.487 e. The number of hydrogen-bond acceptors (Lipinski definition) is 3. The van der Waals surface area contributed by atoms with E-state index in [-0.39, 0.29) is 18.2 Å². The first kappa shape index (κ1) is 16.9. The lowest BCUT2D eigenvalue weighted by atomic mass is 10.3. The van der Waals surface area contributed by atoms with Crippen LogP contribution in [0.15, 0.2) is 60.7 Å². The van der Waals surface area contributed by atoms with Crippen molar-refractivity contribution in [1.82, 2.24) is 0 Å². The maximum atomic E-state index is 13.3. The van der Waals surface area contributed by atoms with Crippen molar-refractivity contribution in [2.75, 3.05) is 6.54 Å². The summed E-state index contributed by atoms with van der Waals surface area (Å²) in [5.74, 6) is 1.02. The normalized spacial score (nSPS) is 17.5. The van der Waals surface area contributed by atoms with Crippen molar-refractivity contribution in [2.24, 2.45) is 0 Å². The van der Waals surface area contributed by atoms with Crippen LogP contribution in [0.3, 0.4) is 0 Å². The zero-order chi connectivity index (χ0) is 14.5. The highest BCUT2D eigenvalue weighted by molar-refractivity contribution is 7.55. The van der Waals surface area contributed by atoms with Crippen LogP contribution in [0.25, 0.3) is 0 Å². The van der Waals surface area contributed by atoms with Crippen LogP contribution in [0.4, 0.5) is 0 Å². The van der Waals surface area contributed by atoms with Gasteiger partial charge in [0.1, 0.15) is 11.5 Å². The zero-order valence-electron chi connectivity index (χ0n) is 12.1. The van der Waals surface area contributed by atoms with Gasteiger partial charge < -0.3 is 26.8 Å². The molecule has 4 nitrogen and oxygen atoms in total. The third-order valence-electron chi connectivity index (χ3n) is 3.50. The van der Waals surface area contributed by atoms with Gasteiger partial charge in [-0.1, -0.05) is 36.4 Å². The van der Waals surface area contributed by atoms with Crippen LogP contribution < -0.4 is 26.8 Å². The van der Waals surface area contributed by atoms with Gasteiger partial charge in [0.15, 0.2) is 0 Å². The van der Waals surface area contributed by atoms with Gasteiger partial charge in [-0.15, -0.1) is 0 Å². The lowest BCUT2D eigenvalue weighted by Crippen LogP contribution is -3.00. The molecule has 1 heterocycles. The van der Waals surface area contributed by atoms with E-state index in [9.17, 15) is 4.57 Å². The minimum Gasteiger partial charge on any atom is -1.00 e. The number of halogens is 1. The molecule has 0 aromatic heterocycles. The molecular formula is C16H19ClNO3P. The van der Waals surface area contributed by atoms with Crippen molar-refractivity contribution in [2.45, 2.75) is 18.6 Å². The maximum absolute atomic E-state index is 13.3. The van der Waals surface area contributed by atoms with Crippen molar-refractivity contribution in [3.63, 3.8) is 0 Å². The Morgan fingerprint density at radius 1 is 0.909 bits per heavy atom. The predicted octanol–water partition coefficient (Wildman–Crippen LogP) is 0.0248. The molecule has 1 fully saturated rings. The molecule has 0 radical (unpaired) electrons. The molecular weight excluding hydrogens is 321 g/mol. The molecule has 0 bridgehead atoms. The van der Waals surface area contributed by atoms with Crippen LogP contribution in [0, 0.1) is 0 Å². The van der Waals surface area contributed by atoms with Gasteiger partial charge in [-0.3, -0.25) is 0 Å². The Balaban J connectivity index is 0.00000176. The Morgan fingerprint density at radius 2 is 1.41 bits per heavy atom. The fraction of sp³-hybridized carbons (Fsp3) is 0.250. The molecule has 0 spiro atoms. The van der Waals surface area contributed by atoms with Crippen LogP contribution in [0.1, 0.15) is 12.8 Å². The molecule has 2 N–H and O–H groups in total. The van der Waals surface area contributed by atoms with Crippen molar-refractivity contribution in [3.05, 3.63) is 60.7 Å². The summed E-state index contributed by atoms with van der Waals surface area (Å²) in [5, 5.41) is 2.06. The van der Waals surface area contributed by atoms with Crippen molar-refractivity contribution in [3.8, 4) is 11.5 Å². The Kier molecular flexibility index (Phi) is 5.90. The monoisotopic (exact) mass is 339 g/mol. The van der Waals surface area contributed by atoms with E-state index in [1.54, 1.807) is 24.3 Å². The predicted molar refractivity (Wildman–Crippen MR) is 81.6 cm³/mol. The molecule has 1 aliphatic heterocycles. The molecule has 2 aromatic rings. The fourth-order valence-electron chi connectivity index (χ4n) is 2.45. The molecule has 6 heteroatoms. The van der Waals surface area contributed by atoms with E-state index in [0.29, 0.717) is 11.5 Å². The summed E-state index contributed by atoms with van der Waals surface area (Å²) in [6, 6.07) is 18.5. The third-order valence-corrected chi connectivity index (χ3v) is 5.71.